The summed E-state index contributed by atoms with van der Waals surface area (Å²) in [5.41, 5.74) is 0.671. The number of ether oxygens (including phenoxy) is 1. The summed E-state index contributed by atoms with van der Waals surface area (Å²) in [6, 6.07) is 7.12. The van der Waals surface area contributed by atoms with Crippen molar-refractivity contribution < 1.29 is 14.6 Å². The van der Waals surface area contributed by atoms with Crippen LogP contribution in [0.2, 0.25) is 0 Å². The first-order valence-corrected chi connectivity index (χ1v) is 5.85. The molecular formula is C13H19NO3. The van der Waals surface area contributed by atoms with E-state index in [-0.39, 0.29) is 12.4 Å². The van der Waals surface area contributed by atoms with Crippen LogP contribution in [0.1, 0.15) is 23.7 Å². The molecule has 0 aliphatic carbocycles. The highest BCUT2D eigenvalue weighted by Gasteiger charge is 2.04. The highest BCUT2D eigenvalue weighted by atomic mass is 16.5. The first-order chi connectivity index (χ1) is 8.27. The number of aliphatic hydroxyl groups is 1. The molecule has 0 aliphatic heterocycles. The molecular weight excluding hydrogens is 218 g/mol. The third-order valence-corrected chi connectivity index (χ3v) is 2.28. The number of hydrogen-bond donors (Lipinski definition) is 2. The maximum atomic E-state index is 11.7. The molecule has 0 amide bonds. The number of carbonyl (C=O) groups is 1. The minimum atomic E-state index is 0.0472. The molecule has 0 aromatic heterocycles. The zero-order valence-corrected chi connectivity index (χ0v) is 10.1. The molecule has 2 N–H and O–H groups in total. The zero-order valence-electron chi connectivity index (χ0n) is 10.1. The number of rotatable bonds is 8. The molecule has 0 atom stereocenters. The molecule has 0 saturated carbocycles. The smallest absolute Gasteiger partial charge is 0.176 e. The topological polar surface area (TPSA) is 58.6 Å². The van der Waals surface area contributed by atoms with Crippen LogP contribution in [-0.4, -0.2) is 37.2 Å². The molecule has 1 aromatic rings. The second-order valence-electron chi connectivity index (χ2n) is 3.63. The molecule has 0 bridgehead atoms. The van der Waals surface area contributed by atoms with Crippen molar-refractivity contribution in [3.05, 3.63) is 29.8 Å². The Kier molecular flexibility index (Phi) is 6.29. The van der Waals surface area contributed by atoms with E-state index in [9.17, 15) is 4.79 Å². The molecule has 4 heteroatoms. The Balaban J connectivity index is 2.40. The number of carbonyl (C=O) groups excluding carboxylic acids is 1. The van der Waals surface area contributed by atoms with E-state index in [0.717, 1.165) is 5.75 Å². The SMILES string of the molecule is CCOc1ccc(C(=O)CNCCCO)cc1. The molecule has 94 valence electrons. The summed E-state index contributed by atoms with van der Waals surface area (Å²) in [6.07, 6.45) is 0.663. The van der Waals surface area contributed by atoms with Gasteiger partial charge in [-0.2, -0.15) is 0 Å². The van der Waals surface area contributed by atoms with Crippen LogP contribution >= 0.6 is 0 Å². The molecule has 0 spiro atoms. The summed E-state index contributed by atoms with van der Waals surface area (Å²) in [5.74, 6) is 0.822. The number of benzene rings is 1. The summed E-state index contributed by atoms with van der Waals surface area (Å²) < 4.78 is 5.30. The Morgan fingerprint density at radius 1 is 1.35 bits per heavy atom. The fraction of sp³-hybridized carbons (Fsp3) is 0.462. The highest BCUT2D eigenvalue weighted by Crippen LogP contribution is 2.12. The second-order valence-corrected chi connectivity index (χ2v) is 3.63. The molecule has 0 heterocycles. The molecule has 0 saturated heterocycles. The molecule has 1 aromatic carbocycles. The van der Waals surface area contributed by atoms with E-state index in [0.29, 0.717) is 31.7 Å². The fourth-order valence-corrected chi connectivity index (χ4v) is 1.41. The van der Waals surface area contributed by atoms with Crippen LogP contribution in [-0.2, 0) is 0 Å². The lowest BCUT2D eigenvalue weighted by molar-refractivity contribution is 0.0990. The van der Waals surface area contributed by atoms with Crippen molar-refractivity contribution in [2.75, 3.05) is 26.3 Å². The van der Waals surface area contributed by atoms with Gasteiger partial charge in [0.05, 0.1) is 13.2 Å². The number of aliphatic hydroxyl groups excluding tert-OH is 1. The Bertz CT molecular complexity index is 335. The largest absolute Gasteiger partial charge is 0.494 e. The molecule has 0 unspecified atom stereocenters. The van der Waals surface area contributed by atoms with Crippen LogP contribution in [0, 0.1) is 0 Å². The number of Topliss-reactive ketones (excluding diaryl/α,β-unsaturated/α-hetero) is 1. The van der Waals surface area contributed by atoms with Crippen molar-refractivity contribution in [1.82, 2.24) is 5.32 Å². The van der Waals surface area contributed by atoms with E-state index in [1.54, 1.807) is 24.3 Å². The molecule has 4 nitrogen and oxygen atoms in total. The Morgan fingerprint density at radius 3 is 2.65 bits per heavy atom. The van der Waals surface area contributed by atoms with Gasteiger partial charge in [-0.25, -0.2) is 0 Å². The molecule has 0 aliphatic rings. The lowest BCUT2D eigenvalue weighted by atomic mass is 10.1. The summed E-state index contributed by atoms with van der Waals surface area (Å²) >= 11 is 0. The number of nitrogens with one attached hydrogen (secondary N) is 1. The van der Waals surface area contributed by atoms with Crippen molar-refractivity contribution in [3.8, 4) is 5.75 Å². The lowest BCUT2D eigenvalue weighted by Crippen LogP contribution is -2.24. The summed E-state index contributed by atoms with van der Waals surface area (Å²) in [7, 11) is 0. The van der Waals surface area contributed by atoms with Crippen molar-refractivity contribution in [2.45, 2.75) is 13.3 Å². The first kappa shape index (κ1) is 13.7. The van der Waals surface area contributed by atoms with Crippen molar-refractivity contribution in [1.29, 1.82) is 0 Å². The van der Waals surface area contributed by atoms with Crippen LogP contribution in [0.25, 0.3) is 0 Å². The Labute approximate surface area is 102 Å². The predicted octanol–water partition coefficient (Wildman–Crippen LogP) is 1.24. The van der Waals surface area contributed by atoms with Gasteiger partial charge in [-0.15, -0.1) is 0 Å². The standard InChI is InChI=1S/C13H19NO3/c1-2-17-12-6-4-11(5-7-12)13(16)10-14-8-3-9-15/h4-7,14-15H,2-3,8-10H2,1H3. The Morgan fingerprint density at radius 2 is 2.06 bits per heavy atom. The van der Waals surface area contributed by atoms with E-state index >= 15 is 0 Å². The lowest BCUT2D eigenvalue weighted by Gasteiger charge is -2.05. The van der Waals surface area contributed by atoms with Crippen LogP contribution in [0.5, 0.6) is 5.75 Å². The molecule has 0 fully saturated rings. The quantitative estimate of drug-likeness (QED) is 0.527. The van der Waals surface area contributed by atoms with Gasteiger partial charge < -0.3 is 15.2 Å². The first-order valence-electron chi connectivity index (χ1n) is 5.85. The van der Waals surface area contributed by atoms with E-state index < -0.39 is 0 Å². The summed E-state index contributed by atoms with van der Waals surface area (Å²) in [5, 5.41) is 11.6. The van der Waals surface area contributed by atoms with E-state index in [1.165, 1.54) is 0 Å². The molecule has 1 rings (SSSR count). The average molecular weight is 237 g/mol. The fourth-order valence-electron chi connectivity index (χ4n) is 1.41. The van der Waals surface area contributed by atoms with Crippen molar-refractivity contribution in [3.63, 3.8) is 0 Å². The number of ketones is 1. The minimum Gasteiger partial charge on any atom is -0.494 e. The van der Waals surface area contributed by atoms with E-state index in [2.05, 4.69) is 5.32 Å². The van der Waals surface area contributed by atoms with Crippen molar-refractivity contribution >= 4 is 5.78 Å². The van der Waals surface area contributed by atoms with Crippen molar-refractivity contribution in [2.24, 2.45) is 0 Å². The van der Waals surface area contributed by atoms with Gasteiger partial charge >= 0.3 is 0 Å². The second kappa shape index (κ2) is 7.81. The molecule has 0 radical (unpaired) electrons. The zero-order chi connectivity index (χ0) is 12.5. The third kappa shape index (κ3) is 4.97. The highest BCUT2D eigenvalue weighted by molar-refractivity contribution is 5.97. The van der Waals surface area contributed by atoms with Gasteiger partial charge in [0.25, 0.3) is 0 Å². The van der Waals surface area contributed by atoms with Crippen LogP contribution < -0.4 is 10.1 Å². The van der Waals surface area contributed by atoms with E-state index in [4.69, 9.17) is 9.84 Å². The summed E-state index contributed by atoms with van der Waals surface area (Å²) in [4.78, 5) is 11.7. The monoisotopic (exact) mass is 237 g/mol. The predicted molar refractivity (Wildman–Crippen MR) is 66.5 cm³/mol. The maximum absolute atomic E-state index is 11.7. The average Bonchev–Trinajstić information content (AvgIpc) is 2.36. The maximum Gasteiger partial charge on any atom is 0.176 e. The van der Waals surface area contributed by atoms with Gasteiger partial charge in [0.15, 0.2) is 5.78 Å². The molecule has 17 heavy (non-hydrogen) atoms. The van der Waals surface area contributed by atoms with Gasteiger partial charge in [-0.05, 0) is 44.2 Å². The normalized spacial score (nSPS) is 10.2. The van der Waals surface area contributed by atoms with Gasteiger partial charge in [0.2, 0.25) is 0 Å². The van der Waals surface area contributed by atoms with Crippen LogP contribution in [0.3, 0.4) is 0 Å². The Hall–Kier alpha value is -1.39. The third-order valence-electron chi connectivity index (χ3n) is 2.28. The van der Waals surface area contributed by atoms with Gasteiger partial charge in [0.1, 0.15) is 5.75 Å². The minimum absolute atomic E-state index is 0.0472. The van der Waals surface area contributed by atoms with Crippen LogP contribution in [0.4, 0.5) is 0 Å². The van der Waals surface area contributed by atoms with Gasteiger partial charge in [-0.1, -0.05) is 0 Å². The number of hydrogen-bond acceptors (Lipinski definition) is 4. The van der Waals surface area contributed by atoms with Gasteiger partial charge in [0, 0.05) is 12.2 Å². The van der Waals surface area contributed by atoms with Crippen LogP contribution in [0.15, 0.2) is 24.3 Å². The van der Waals surface area contributed by atoms with Gasteiger partial charge in [-0.3, -0.25) is 4.79 Å². The summed E-state index contributed by atoms with van der Waals surface area (Å²) in [6.45, 7) is 3.64. The van der Waals surface area contributed by atoms with E-state index in [1.807, 2.05) is 6.92 Å².